The van der Waals surface area contributed by atoms with Gasteiger partial charge in [-0.3, -0.25) is 14.6 Å². The van der Waals surface area contributed by atoms with Gasteiger partial charge in [0.05, 0.1) is 28.5 Å². The largest absolute Gasteiger partial charge is 0.379 e. The summed E-state index contributed by atoms with van der Waals surface area (Å²) in [5.74, 6) is 1.06. The third kappa shape index (κ3) is 7.33. The van der Waals surface area contributed by atoms with Crippen LogP contribution in [-0.4, -0.2) is 60.9 Å². The summed E-state index contributed by atoms with van der Waals surface area (Å²) in [5, 5.41) is 1.45. The van der Waals surface area contributed by atoms with E-state index >= 15 is 0 Å². The number of aromatic nitrogens is 1. The van der Waals surface area contributed by atoms with Crippen molar-refractivity contribution in [2.45, 2.75) is 31.1 Å². The first-order valence-corrected chi connectivity index (χ1v) is 13.6. The third-order valence-electron chi connectivity index (χ3n) is 5.72. The molecule has 0 saturated carbocycles. The van der Waals surface area contributed by atoms with E-state index in [1.165, 1.54) is 16.2 Å². The molecule has 1 aliphatic rings. The van der Waals surface area contributed by atoms with Crippen molar-refractivity contribution in [2.24, 2.45) is 0 Å². The first-order chi connectivity index (χ1) is 16.1. The van der Waals surface area contributed by atoms with Crippen LogP contribution in [0.25, 0.3) is 10.2 Å². The Labute approximate surface area is 221 Å². The number of fused-ring (bicyclic) bond motifs is 1. The fourth-order valence-corrected chi connectivity index (χ4v) is 6.11. The van der Waals surface area contributed by atoms with Crippen molar-refractivity contribution in [1.29, 1.82) is 0 Å². The predicted molar refractivity (Wildman–Crippen MR) is 147 cm³/mol. The number of thiazole rings is 1. The lowest BCUT2D eigenvalue weighted by molar-refractivity contribution is -0.118. The minimum Gasteiger partial charge on any atom is -0.379 e. The predicted octanol–water partition coefficient (Wildman–Crippen LogP) is 6.31. The van der Waals surface area contributed by atoms with E-state index in [-0.39, 0.29) is 18.3 Å². The lowest BCUT2D eigenvalue weighted by atomic mass is 10.2. The number of benzene rings is 2. The maximum Gasteiger partial charge on any atom is 0.228 e. The van der Waals surface area contributed by atoms with Crippen molar-refractivity contribution in [2.75, 3.05) is 50.0 Å². The number of morpholine rings is 1. The van der Waals surface area contributed by atoms with Crippen LogP contribution in [0.4, 0.5) is 5.13 Å². The van der Waals surface area contributed by atoms with Gasteiger partial charge in [-0.1, -0.05) is 47.2 Å². The number of halogens is 2. The minimum atomic E-state index is 0. The van der Waals surface area contributed by atoms with Crippen molar-refractivity contribution >= 4 is 68.4 Å². The zero-order chi connectivity index (χ0) is 23.0. The molecule has 1 aliphatic heterocycles. The van der Waals surface area contributed by atoms with Crippen molar-refractivity contribution in [1.82, 2.24) is 9.88 Å². The van der Waals surface area contributed by atoms with Crippen LogP contribution in [0.3, 0.4) is 0 Å². The highest BCUT2D eigenvalue weighted by atomic mass is 35.5. The lowest BCUT2D eigenvalue weighted by Gasteiger charge is -2.27. The minimum absolute atomic E-state index is 0. The molecule has 1 amide bonds. The molecular weight excluding hydrogens is 509 g/mol. The lowest BCUT2D eigenvalue weighted by Crippen LogP contribution is -2.39. The van der Waals surface area contributed by atoms with E-state index in [0.717, 1.165) is 72.4 Å². The summed E-state index contributed by atoms with van der Waals surface area (Å²) in [6.07, 6.45) is 2.26. The van der Waals surface area contributed by atoms with Gasteiger partial charge in [0, 0.05) is 37.5 Å². The molecule has 5 nitrogen and oxygen atoms in total. The number of carbonyl (C=O) groups is 1. The maximum atomic E-state index is 13.3. The Morgan fingerprint density at radius 3 is 2.68 bits per heavy atom. The second-order valence-corrected chi connectivity index (χ2v) is 10.7. The maximum absolute atomic E-state index is 13.3. The van der Waals surface area contributed by atoms with E-state index in [9.17, 15) is 4.79 Å². The quantitative estimate of drug-likeness (QED) is 0.223. The molecule has 0 bridgehead atoms. The monoisotopic (exact) mass is 539 g/mol. The highest BCUT2D eigenvalue weighted by Gasteiger charge is 2.21. The second kappa shape index (κ2) is 13.7. The Kier molecular flexibility index (Phi) is 10.9. The molecule has 0 unspecified atom stereocenters. The number of rotatable bonds is 10. The first kappa shape index (κ1) is 27.2. The second-order valence-electron chi connectivity index (χ2n) is 8.16. The van der Waals surface area contributed by atoms with Crippen molar-refractivity contribution < 1.29 is 9.53 Å². The van der Waals surface area contributed by atoms with E-state index in [0.29, 0.717) is 18.0 Å². The van der Waals surface area contributed by atoms with Crippen LogP contribution < -0.4 is 4.90 Å². The number of hydrogen-bond acceptors (Lipinski definition) is 6. The van der Waals surface area contributed by atoms with Crippen LogP contribution in [0.1, 0.15) is 24.8 Å². The zero-order valence-electron chi connectivity index (χ0n) is 19.4. The number of carbonyl (C=O) groups excluding carboxylic acids is 1. The third-order valence-corrected chi connectivity index (χ3v) is 8.36. The van der Waals surface area contributed by atoms with Crippen molar-refractivity contribution in [3.8, 4) is 0 Å². The van der Waals surface area contributed by atoms with Crippen LogP contribution in [0.5, 0.6) is 0 Å². The normalized spacial score (nSPS) is 14.2. The van der Waals surface area contributed by atoms with Crippen LogP contribution in [-0.2, 0) is 9.53 Å². The molecule has 0 aliphatic carbocycles. The zero-order valence-corrected chi connectivity index (χ0v) is 22.6. The van der Waals surface area contributed by atoms with E-state index in [4.69, 9.17) is 21.3 Å². The Balaban J connectivity index is 0.00000324. The van der Waals surface area contributed by atoms with Gasteiger partial charge in [0.1, 0.15) is 0 Å². The molecule has 34 heavy (non-hydrogen) atoms. The van der Waals surface area contributed by atoms with Crippen molar-refractivity contribution in [3.05, 3.63) is 53.1 Å². The highest BCUT2D eigenvalue weighted by molar-refractivity contribution is 7.99. The number of nitrogens with zero attached hydrogens (tertiary/aromatic N) is 3. The molecule has 3 aromatic rings. The molecule has 0 N–H and O–H groups in total. The molecule has 1 saturated heterocycles. The number of hydrogen-bond donors (Lipinski definition) is 0. The number of aryl methyl sites for hydroxylation is 1. The number of thioether (sulfide) groups is 1. The Hall–Kier alpha value is -1.35. The number of amides is 1. The van der Waals surface area contributed by atoms with Gasteiger partial charge in [-0.05, 0) is 49.3 Å². The average Bonchev–Trinajstić information content (AvgIpc) is 3.30. The summed E-state index contributed by atoms with van der Waals surface area (Å²) >= 11 is 9.75. The Morgan fingerprint density at radius 1 is 1.18 bits per heavy atom. The summed E-state index contributed by atoms with van der Waals surface area (Å²) in [5.41, 5.74) is 1.98. The van der Waals surface area contributed by atoms with E-state index in [2.05, 4.69) is 17.0 Å². The van der Waals surface area contributed by atoms with Gasteiger partial charge in [-0.25, -0.2) is 4.98 Å². The molecule has 4 rings (SSSR count). The molecule has 2 heterocycles. The van der Waals surface area contributed by atoms with E-state index in [1.807, 2.05) is 42.2 Å². The molecule has 1 aromatic heterocycles. The van der Waals surface area contributed by atoms with Crippen LogP contribution in [0.15, 0.2) is 47.4 Å². The fourth-order valence-electron chi connectivity index (χ4n) is 3.88. The van der Waals surface area contributed by atoms with Gasteiger partial charge >= 0.3 is 0 Å². The standard InChI is InChI=1S/C25H30ClN3O2S2.ClH/c1-19-10-11-21(26)24-23(19)27-25(33-24)29(13-6-12-28-14-16-31-17-15-28)22(30)9-5-18-32-20-7-3-2-4-8-20;/h2-4,7-8,10-11H,5-6,9,12-18H2,1H3;1H. The molecule has 0 radical (unpaired) electrons. The van der Waals surface area contributed by atoms with Crippen LogP contribution in [0.2, 0.25) is 5.02 Å². The molecule has 0 atom stereocenters. The van der Waals surface area contributed by atoms with E-state index in [1.54, 1.807) is 11.8 Å². The SMILES string of the molecule is Cc1ccc(Cl)c2sc(N(CCCN3CCOCC3)C(=O)CCCSc3ccccc3)nc12.Cl. The molecule has 2 aromatic carbocycles. The van der Waals surface area contributed by atoms with E-state index < -0.39 is 0 Å². The van der Waals surface area contributed by atoms with Gasteiger partial charge in [0.2, 0.25) is 5.91 Å². The average molecular weight is 541 g/mol. The summed E-state index contributed by atoms with van der Waals surface area (Å²) in [7, 11) is 0. The van der Waals surface area contributed by atoms with Gasteiger partial charge in [0.15, 0.2) is 5.13 Å². The number of anilines is 1. The van der Waals surface area contributed by atoms with Gasteiger partial charge in [0.25, 0.3) is 0 Å². The summed E-state index contributed by atoms with van der Waals surface area (Å²) in [4.78, 5) is 23.7. The van der Waals surface area contributed by atoms with Crippen molar-refractivity contribution in [3.63, 3.8) is 0 Å². The van der Waals surface area contributed by atoms with Gasteiger partial charge < -0.3 is 4.74 Å². The topological polar surface area (TPSA) is 45.7 Å². The molecule has 1 fully saturated rings. The van der Waals surface area contributed by atoms with Crippen LogP contribution >= 0.6 is 47.1 Å². The fraction of sp³-hybridized carbons (Fsp3) is 0.440. The highest BCUT2D eigenvalue weighted by Crippen LogP contribution is 2.36. The number of ether oxygens (including phenoxy) is 1. The Bertz CT molecular complexity index is 1020. The molecular formula is C25H31Cl2N3O2S2. The Morgan fingerprint density at radius 2 is 1.94 bits per heavy atom. The molecule has 0 spiro atoms. The van der Waals surface area contributed by atoms with Crippen LogP contribution in [0, 0.1) is 6.92 Å². The summed E-state index contributed by atoms with van der Waals surface area (Å²) in [6, 6.07) is 14.2. The molecule has 9 heteroatoms. The summed E-state index contributed by atoms with van der Waals surface area (Å²) in [6.45, 7) is 7.16. The van der Waals surface area contributed by atoms with Gasteiger partial charge in [-0.15, -0.1) is 24.2 Å². The van der Waals surface area contributed by atoms with Gasteiger partial charge in [-0.2, -0.15) is 0 Å². The smallest absolute Gasteiger partial charge is 0.228 e. The first-order valence-electron chi connectivity index (χ1n) is 11.5. The molecule has 184 valence electrons. The summed E-state index contributed by atoms with van der Waals surface area (Å²) < 4.78 is 6.40.